The molecule has 0 radical (unpaired) electrons. The molecule has 2 aromatic carbocycles. The number of allylic oxidation sites excluding steroid dienone is 2. The summed E-state index contributed by atoms with van der Waals surface area (Å²) in [5.74, 6) is -6.58. The van der Waals surface area contributed by atoms with Gasteiger partial charge in [0.2, 0.25) is 0 Å². The van der Waals surface area contributed by atoms with E-state index in [1.165, 1.54) is 14.2 Å². The van der Waals surface area contributed by atoms with Gasteiger partial charge in [-0.1, -0.05) is 22.0 Å². The highest BCUT2D eigenvalue weighted by molar-refractivity contribution is 9.10. The molecular formula is C26H25BrF4O6. The Balaban J connectivity index is 0.000000214. The van der Waals surface area contributed by atoms with Crippen molar-refractivity contribution in [1.29, 1.82) is 0 Å². The van der Waals surface area contributed by atoms with Crippen LogP contribution in [0.4, 0.5) is 17.6 Å². The highest BCUT2D eigenvalue weighted by Gasteiger charge is 2.24. The fourth-order valence-corrected chi connectivity index (χ4v) is 4.07. The monoisotopic (exact) mass is 588 g/mol. The van der Waals surface area contributed by atoms with Gasteiger partial charge in [-0.25, -0.2) is 27.2 Å². The lowest BCUT2D eigenvalue weighted by Crippen LogP contribution is -2.04. The first kappa shape index (κ1) is 29.9. The number of carbonyl (C=O) groups is 2. The van der Waals surface area contributed by atoms with Crippen LogP contribution in [0.3, 0.4) is 0 Å². The Bertz CT molecular complexity index is 1180. The quantitative estimate of drug-likeness (QED) is 0.315. The molecule has 0 atom stereocenters. The summed E-state index contributed by atoms with van der Waals surface area (Å²) in [4.78, 5) is 22.2. The first-order valence-corrected chi connectivity index (χ1v) is 11.9. The van der Waals surface area contributed by atoms with Gasteiger partial charge in [-0.15, -0.1) is 0 Å². The molecule has 200 valence electrons. The number of methoxy groups -OCH3 is 2. The van der Waals surface area contributed by atoms with Crippen LogP contribution in [-0.2, 0) is 19.1 Å². The second-order valence-electron chi connectivity index (χ2n) is 7.92. The summed E-state index contributed by atoms with van der Waals surface area (Å²) in [6.07, 6.45) is 6.82. The predicted molar refractivity (Wildman–Crippen MR) is 130 cm³/mol. The Labute approximate surface area is 219 Å². The topological polar surface area (TPSA) is 93.1 Å². The predicted octanol–water partition coefficient (Wildman–Crippen LogP) is 6.48. The third-order valence-electron chi connectivity index (χ3n) is 5.49. The van der Waals surface area contributed by atoms with Crippen LogP contribution < -0.4 is 0 Å². The zero-order valence-corrected chi connectivity index (χ0v) is 21.6. The summed E-state index contributed by atoms with van der Waals surface area (Å²) in [5, 5.41) is 17.6. The van der Waals surface area contributed by atoms with Gasteiger partial charge >= 0.3 is 11.9 Å². The van der Waals surface area contributed by atoms with Crippen molar-refractivity contribution in [1.82, 2.24) is 0 Å². The van der Waals surface area contributed by atoms with E-state index in [0.717, 1.165) is 55.5 Å². The molecule has 0 aliphatic heterocycles. The number of hydrogen-bond donors (Lipinski definition) is 2. The van der Waals surface area contributed by atoms with E-state index in [9.17, 15) is 27.2 Å². The molecule has 0 spiro atoms. The van der Waals surface area contributed by atoms with Crippen LogP contribution in [0.1, 0.15) is 44.1 Å². The number of hydrogen-bond acceptors (Lipinski definition) is 6. The van der Waals surface area contributed by atoms with Crippen molar-refractivity contribution in [2.75, 3.05) is 14.2 Å². The molecule has 2 N–H and O–H groups in total. The Morgan fingerprint density at radius 2 is 1.30 bits per heavy atom. The van der Waals surface area contributed by atoms with Gasteiger partial charge in [-0.3, -0.25) is 0 Å². The normalized spacial score (nSPS) is 14.2. The number of esters is 2. The average molecular weight is 589 g/mol. The van der Waals surface area contributed by atoms with E-state index < -0.39 is 40.7 Å². The Morgan fingerprint density at radius 3 is 1.76 bits per heavy atom. The Kier molecular flexibility index (Phi) is 11.2. The molecular weight excluding hydrogens is 564 g/mol. The minimum atomic E-state index is -1.03. The van der Waals surface area contributed by atoms with Crippen molar-refractivity contribution in [3.05, 3.63) is 74.8 Å². The fourth-order valence-electron chi connectivity index (χ4n) is 3.67. The summed E-state index contributed by atoms with van der Waals surface area (Å²) < 4.78 is 60.6. The van der Waals surface area contributed by atoms with Crippen LogP contribution in [-0.4, -0.2) is 36.4 Å². The molecule has 37 heavy (non-hydrogen) atoms. The second kappa shape index (κ2) is 13.8. The molecule has 0 fully saturated rings. The van der Waals surface area contributed by atoms with E-state index in [0.29, 0.717) is 24.0 Å². The van der Waals surface area contributed by atoms with Gasteiger partial charge in [0.15, 0.2) is 34.8 Å². The summed E-state index contributed by atoms with van der Waals surface area (Å²) in [6, 6.07) is 4.03. The number of benzene rings is 2. The molecule has 0 heterocycles. The molecule has 2 aromatic rings. The lowest BCUT2D eigenvalue weighted by Gasteiger charge is -2.08. The molecule has 0 bridgehead atoms. The summed E-state index contributed by atoms with van der Waals surface area (Å²) in [5.41, 5.74) is 2.15. The minimum Gasteiger partial charge on any atom is -0.503 e. The highest BCUT2D eigenvalue weighted by atomic mass is 79.9. The van der Waals surface area contributed by atoms with Gasteiger partial charge in [0, 0.05) is 15.6 Å². The van der Waals surface area contributed by atoms with Gasteiger partial charge in [0.05, 0.1) is 14.2 Å². The maximum atomic E-state index is 13.3. The number of carbonyl (C=O) groups excluding carboxylic acids is 2. The lowest BCUT2D eigenvalue weighted by molar-refractivity contribution is -0.137. The second-order valence-corrected chi connectivity index (χ2v) is 8.84. The van der Waals surface area contributed by atoms with E-state index in [2.05, 4.69) is 25.4 Å². The van der Waals surface area contributed by atoms with Crippen LogP contribution in [0.2, 0.25) is 0 Å². The fraction of sp³-hybridized carbons (Fsp3) is 0.308. The number of phenols is 2. The van der Waals surface area contributed by atoms with Crippen molar-refractivity contribution in [2.45, 2.75) is 38.5 Å². The van der Waals surface area contributed by atoms with Gasteiger partial charge in [-0.05, 0) is 73.9 Å². The van der Waals surface area contributed by atoms with Crippen molar-refractivity contribution < 1.29 is 46.8 Å². The molecule has 2 aliphatic rings. The largest absolute Gasteiger partial charge is 0.503 e. The average Bonchev–Trinajstić information content (AvgIpc) is 3.58. The first-order valence-electron chi connectivity index (χ1n) is 11.1. The number of halogens is 5. The molecule has 6 nitrogen and oxygen atoms in total. The molecule has 2 aliphatic carbocycles. The third-order valence-corrected chi connectivity index (χ3v) is 5.94. The van der Waals surface area contributed by atoms with Crippen molar-refractivity contribution in [3.8, 4) is 11.5 Å². The number of ether oxygens (including phenoxy) is 2. The van der Waals surface area contributed by atoms with Crippen LogP contribution in [0.5, 0.6) is 11.5 Å². The van der Waals surface area contributed by atoms with Gasteiger partial charge in [0.1, 0.15) is 0 Å². The van der Waals surface area contributed by atoms with E-state index in [4.69, 9.17) is 10.2 Å². The van der Waals surface area contributed by atoms with Gasteiger partial charge in [0.25, 0.3) is 0 Å². The van der Waals surface area contributed by atoms with Crippen molar-refractivity contribution >= 4 is 33.4 Å². The van der Waals surface area contributed by atoms with Crippen molar-refractivity contribution in [3.63, 3.8) is 0 Å². The zero-order chi connectivity index (χ0) is 27.7. The molecule has 0 unspecified atom stereocenters. The highest BCUT2D eigenvalue weighted by Crippen LogP contribution is 2.36. The van der Waals surface area contributed by atoms with E-state index in [1.807, 2.05) is 6.08 Å². The van der Waals surface area contributed by atoms with Crippen LogP contribution >= 0.6 is 15.9 Å². The third kappa shape index (κ3) is 8.08. The first-order chi connectivity index (χ1) is 17.5. The number of phenolic OH excluding ortho intramolecular Hbond substituents is 2. The summed E-state index contributed by atoms with van der Waals surface area (Å²) in [7, 11) is 2.69. The molecule has 0 saturated heterocycles. The van der Waals surface area contributed by atoms with Gasteiger partial charge < -0.3 is 19.7 Å². The standard InChI is InChI=1S/C13H12F2O3.C7H10O2.C6H3BrF2O/c1-18-13(17)9-4-2-3-8(9)7-5-10(14)12(16)11(15)6-7;1-9-7(8)6-4-2-3-5-6;7-3-1-4(8)6(10)5(9)2-3/h5-6,16H,2-4H2,1H3;4H,2-3,5H2,1H3;1-2,10H. The molecule has 0 aromatic heterocycles. The minimum absolute atomic E-state index is 0.160. The van der Waals surface area contributed by atoms with Crippen LogP contribution in [0, 0.1) is 23.3 Å². The smallest absolute Gasteiger partial charge is 0.334 e. The maximum Gasteiger partial charge on any atom is 0.334 e. The zero-order valence-electron chi connectivity index (χ0n) is 20.0. The Hall–Kier alpha value is -3.34. The number of aromatic hydroxyl groups is 2. The van der Waals surface area contributed by atoms with Gasteiger partial charge in [-0.2, -0.15) is 0 Å². The summed E-state index contributed by atoms with van der Waals surface area (Å²) >= 11 is 2.86. The van der Waals surface area contributed by atoms with Crippen LogP contribution in [0.25, 0.3) is 5.57 Å². The molecule has 0 saturated carbocycles. The van der Waals surface area contributed by atoms with E-state index >= 15 is 0 Å². The SMILES string of the molecule is COC(=O)C1=C(c2cc(F)c(O)c(F)c2)CCC1.COC(=O)C1=CCCC1.Oc1c(F)cc(Br)cc1F. The van der Waals surface area contributed by atoms with Crippen molar-refractivity contribution in [2.24, 2.45) is 0 Å². The molecule has 4 rings (SSSR count). The molecule has 11 heteroatoms. The number of rotatable bonds is 3. The Morgan fingerprint density at radius 1 is 0.784 bits per heavy atom. The van der Waals surface area contributed by atoms with Crippen LogP contribution in [0.15, 0.2) is 46.0 Å². The lowest BCUT2D eigenvalue weighted by atomic mass is 10.0. The van der Waals surface area contributed by atoms with E-state index in [1.54, 1.807) is 0 Å². The summed E-state index contributed by atoms with van der Waals surface area (Å²) in [6.45, 7) is 0. The maximum absolute atomic E-state index is 13.3. The van der Waals surface area contributed by atoms with E-state index in [-0.39, 0.29) is 16.0 Å². The molecule has 0 amide bonds.